The van der Waals surface area contributed by atoms with Crippen LogP contribution in [0.3, 0.4) is 0 Å². The Morgan fingerprint density at radius 1 is 1.42 bits per heavy atom. The largest absolute Gasteiger partial charge is 0.339 e. The van der Waals surface area contributed by atoms with Gasteiger partial charge in [0.1, 0.15) is 5.82 Å². The third-order valence-corrected chi connectivity index (χ3v) is 4.25. The van der Waals surface area contributed by atoms with Gasteiger partial charge in [0.25, 0.3) is 5.91 Å². The molecule has 3 nitrogen and oxygen atoms in total. The summed E-state index contributed by atoms with van der Waals surface area (Å²) in [7, 11) is 1.76. The van der Waals surface area contributed by atoms with Gasteiger partial charge in [-0.25, -0.2) is 4.39 Å². The van der Waals surface area contributed by atoms with Crippen LogP contribution >= 0.6 is 15.9 Å². The molecule has 1 atom stereocenters. The third-order valence-electron chi connectivity index (χ3n) is 3.59. The Bertz CT molecular complexity index is 439. The van der Waals surface area contributed by atoms with E-state index in [1.807, 2.05) is 0 Å². The molecule has 0 spiro atoms. The molecule has 1 aliphatic heterocycles. The van der Waals surface area contributed by atoms with Gasteiger partial charge in [0.15, 0.2) is 0 Å². The number of carbonyl (C=O) groups is 1. The molecule has 0 aromatic heterocycles. The first-order valence-electron chi connectivity index (χ1n) is 6.53. The van der Waals surface area contributed by atoms with E-state index in [2.05, 4.69) is 21.2 Å². The first-order valence-corrected chi connectivity index (χ1v) is 7.32. The number of nitrogens with zero attached hydrogens (tertiary/aromatic N) is 1. The maximum atomic E-state index is 13.8. The predicted octanol–water partition coefficient (Wildman–Crippen LogP) is 2.80. The van der Waals surface area contributed by atoms with Crippen LogP contribution in [0.2, 0.25) is 0 Å². The molecule has 1 fully saturated rings. The van der Waals surface area contributed by atoms with Crippen LogP contribution < -0.4 is 5.32 Å². The SMILES string of the molecule is CN(C(=O)c1c(F)cccc1Br)C1CCCNCC1. The van der Waals surface area contributed by atoms with Gasteiger partial charge in [-0.1, -0.05) is 6.07 Å². The van der Waals surface area contributed by atoms with Gasteiger partial charge in [0, 0.05) is 17.6 Å². The van der Waals surface area contributed by atoms with Crippen LogP contribution in [0.1, 0.15) is 29.6 Å². The zero-order valence-electron chi connectivity index (χ0n) is 11.0. The van der Waals surface area contributed by atoms with Gasteiger partial charge >= 0.3 is 0 Å². The zero-order valence-corrected chi connectivity index (χ0v) is 12.5. The van der Waals surface area contributed by atoms with Crippen LogP contribution in [0.5, 0.6) is 0 Å². The van der Waals surface area contributed by atoms with E-state index in [0.29, 0.717) is 4.47 Å². The van der Waals surface area contributed by atoms with Crippen molar-refractivity contribution in [1.29, 1.82) is 0 Å². The maximum absolute atomic E-state index is 13.8. The summed E-state index contributed by atoms with van der Waals surface area (Å²) in [5, 5.41) is 3.31. The first-order chi connectivity index (χ1) is 9.11. The lowest BCUT2D eigenvalue weighted by Crippen LogP contribution is -2.38. The molecule has 19 heavy (non-hydrogen) atoms. The van der Waals surface area contributed by atoms with Gasteiger partial charge in [0.2, 0.25) is 0 Å². The van der Waals surface area contributed by atoms with Crippen molar-refractivity contribution in [3.63, 3.8) is 0 Å². The minimum Gasteiger partial charge on any atom is -0.339 e. The second kappa shape index (κ2) is 6.48. The summed E-state index contributed by atoms with van der Waals surface area (Å²) >= 11 is 3.26. The Labute approximate surface area is 121 Å². The maximum Gasteiger partial charge on any atom is 0.257 e. The average Bonchev–Trinajstić information content (AvgIpc) is 2.66. The van der Waals surface area contributed by atoms with Gasteiger partial charge in [-0.3, -0.25) is 4.79 Å². The van der Waals surface area contributed by atoms with E-state index in [-0.39, 0.29) is 17.5 Å². The number of rotatable bonds is 2. The first kappa shape index (κ1) is 14.5. The molecule has 0 bridgehead atoms. The molecule has 104 valence electrons. The summed E-state index contributed by atoms with van der Waals surface area (Å²) in [4.78, 5) is 14.1. The smallest absolute Gasteiger partial charge is 0.257 e. The minimum atomic E-state index is -0.474. The van der Waals surface area contributed by atoms with E-state index < -0.39 is 5.82 Å². The second-order valence-electron chi connectivity index (χ2n) is 4.85. The van der Waals surface area contributed by atoms with Crippen molar-refractivity contribution in [2.24, 2.45) is 0 Å². The van der Waals surface area contributed by atoms with E-state index >= 15 is 0 Å². The number of amides is 1. The molecule has 1 unspecified atom stereocenters. The van der Waals surface area contributed by atoms with Crippen LogP contribution in [0, 0.1) is 5.82 Å². The summed E-state index contributed by atoms with van der Waals surface area (Å²) in [5.41, 5.74) is 0.127. The van der Waals surface area contributed by atoms with Crippen LogP contribution in [0.15, 0.2) is 22.7 Å². The highest BCUT2D eigenvalue weighted by molar-refractivity contribution is 9.10. The molecule has 0 aliphatic carbocycles. The fourth-order valence-corrected chi connectivity index (χ4v) is 2.94. The number of carbonyl (C=O) groups excluding carboxylic acids is 1. The third kappa shape index (κ3) is 3.34. The fraction of sp³-hybridized carbons (Fsp3) is 0.500. The highest BCUT2D eigenvalue weighted by Crippen LogP contribution is 2.23. The lowest BCUT2D eigenvalue weighted by Gasteiger charge is -2.27. The number of nitrogens with one attached hydrogen (secondary N) is 1. The standard InChI is InChI=1S/C14H18BrFN2O/c1-18(10-4-3-8-17-9-7-10)14(19)13-11(15)5-2-6-12(13)16/h2,5-6,10,17H,3-4,7-9H2,1H3. The van der Waals surface area contributed by atoms with Crippen molar-refractivity contribution in [2.45, 2.75) is 25.3 Å². The monoisotopic (exact) mass is 328 g/mol. The van der Waals surface area contributed by atoms with Crippen LogP contribution in [0.4, 0.5) is 4.39 Å². The molecule has 1 saturated heterocycles. The molecule has 0 radical (unpaired) electrons. The van der Waals surface area contributed by atoms with Gasteiger partial charge in [-0.15, -0.1) is 0 Å². The molecule has 1 amide bonds. The number of hydrogen-bond donors (Lipinski definition) is 1. The number of hydrogen-bond acceptors (Lipinski definition) is 2. The molecule has 2 rings (SSSR count). The predicted molar refractivity (Wildman–Crippen MR) is 76.7 cm³/mol. The van der Waals surface area contributed by atoms with Crippen LogP contribution in [0.25, 0.3) is 0 Å². The summed E-state index contributed by atoms with van der Waals surface area (Å²) in [6.07, 6.45) is 2.91. The Morgan fingerprint density at radius 3 is 2.95 bits per heavy atom. The second-order valence-corrected chi connectivity index (χ2v) is 5.70. The highest BCUT2D eigenvalue weighted by Gasteiger charge is 2.25. The van der Waals surface area contributed by atoms with Crippen molar-refractivity contribution in [3.8, 4) is 0 Å². The molecular formula is C14H18BrFN2O. The molecule has 1 N–H and O–H groups in total. The van der Waals surface area contributed by atoms with E-state index in [1.54, 1.807) is 24.1 Å². The summed E-state index contributed by atoms with van der Waals surface area (Å²) in [6, 6.07) is 4.78. The van der Waals surface area contributed by atoms with E-state index in [9.17, 15) is 9.18 Å². The topological polar surface area (TPSA) is 32.3 Å². The number of benzene rings is 1. The molecule has 1 aromatic carbocycles. The molecule has 1 aliphatic rings. The zero-order chi connectivity index (χ0) is 13.8. The summed E-state index contributed by atoms with van der Waals surface area (Å²) in [5.74, 6) is -0.727. The minimum absolute atomic E-state index is 0.127. The fourth-order valence-electron chi connectivity index (χ4n) is 2.43. The molecule has 1 heterocycles. The van der Waals surface area contributed by atoms with Crippen molar-refractivity contribution in [2.75, 3.05) is 20.1 Å². The van der Waals surface area contributed by atoms with Crippen molar-refractivity contribution < 1.29 is 9.18 Å². The summed E-state index contributed by atoms with van der Waals surface area (Å²) < 4.78 is 14.3. The van der Waals surface area contributed by atoms with Gasteiger partial charge in [-0.2, -0.15) is 0 Å². The van der Waals surface area contributed by atoms with Gasteiger partial charge in [0.05, 0.1) is 5.56 Å². The molecule has 5 heteroatoms. The van der Waals surface area contributed by atoms with Gasteiger partial charge < -0.3 is 10.2 Å². The number of halogens is 2. The Hall–Kier alpha value is -0.940. The van der Waals surface area contributed by atoms with Crippen molar-refractivity contribution in [1.82, 2.24) is 10.2 Å². The molecule has 0 saturated carbocycles. The highest BCUT2D eigenvalue weighted by atomic mass is 79.9. The average molecular weight is 329 g/mol. The van der Waals surface area contributed by atoms with Crippen LogP contribution in [-0.2, 0) is 0 Å². The quantitative estimate of drug-likeness (QED) is 0.905. The molecular weight excluding hydrogens is 311 g/mol. The van der Waals surface area contributed by atoms with Crippen molar-refractivity contribution >= 4 is 21.8 Å². The van der Waals surface area contributed by atoms with E-state index in [0.717, 1.165) is 32.4 Å². The lowest BCUT2D eigenvalue weighted by molar-refractivity contribution is 0.0714. The Kier molecular flexibility index (Phi) is 4.93. The summed E-state index contributed by atoms with van der Waals surface area (Å²) in [6.45, 7) is 1.89. The Morgan fingerprint density at radius 2 is 2.21 bits per heavy atom. The van der Waals surface area contributed by atoms with Crippen molar-refractivity contribution in [3.05, 3.63) is 34.1 Å². The van der Waals surface area contributed by atoms with Crippen LogP contribution in [-0.4, -0.2) is 37.0 Å². The lowest BCUT2D eigenvalue weighted by atomic mass is 10.1. The van der Waals surface area contributed by atoms with E-state index in [1.165, 1.54) is 6.07 Å². The normalized spacial score (nSPS) is 19.8. The van der Waals surface area contributed by atoms with E-state index in [4.69, 9.17) is 0 Å². The van der Waals surface area contributed by atoms with Gasteiger partial charge in [-0.05, 0) is 60.4 Å². The molecule has 1 aromatic rings. The Balaban J connectivity index is 2.18.